The van der Waals surface area contributed by atoms with Gasteiger partial charge < -0.3 is 4.55 Å². The Hall–Kier alpha value is -0.0700. The van der Waals surface area contributed by atoms with E-state index in [1.54, 1.807) is 0 Å². The molecular weight excluding hydrogens is 408 g/mol. The highest BCUT2D eigenvalue weighted by Crippen LogP contribution is 2.53. The standard InChI is InChI=1S/C21H33BrN2OS/c1-19(2,3)24-11-9-21(10-12-24)14-15-7-8-16(22)13-17(15)18(21)23-26(25)20(4,5)6/h7-8,13,18,23H,9-12,14H2,1-6H3/t18-,26?/m1/s1. The second-order valence-electron chi connectivity index (χ2n) is 9.97. The predicted octanol–water partition coefficient (Wildman–Crippen LogP) is 4.98. The molecule has 0 saturated carbocycles. The number of hydrogen-bond acceptors (Lipinski definition) is 3. The van der Waals surface area contributed by atoms with Gasteiger partial charge in [-0.3, -0.25) is 4.90 Å². The van der Waals surface area contributed by atoms with E-state index in [4.69, 9.17) is 0 Å². The van der Waals surface area contributed by atoms with Gasteiger partial charge in [0.1, 0.15) is 4.75 Å². The smallest absolute Gasteiger partial charge is 0.136 e. The highest BCUT2D eigenvalue weighted by molar-refractivity contribution is 9.10. The van der Waals surface area contributed by atoms with Gasteiger partial charge in [-0.25, -0.2) is 0 Å². The fraction of sp³-hybridized carbons (Fsp3) is 0.714. The van der Waals surface area contributed by atoms with Crippen molar-refractivity contribution in [3.63, 3.8) is 0 Å². The van der Waals surface area contributed by atoms with E-state index in [9.17, 15) is 4.55 Å². The number of fused-ring (bicyclic) bond motifs is 1. The van der Waals surface area contributed by atoms with Gasteiger partial charge in [-0.2, -0.15) is 0 Å². The molecule has 0 amide bonds. The third-order valence-corrected chi connectivity index (χ3v) is 8.12. The molecule has 26 heavy (non-hydrogen) atoms. The van der Waals surface area contributed by atoms with Crippen LogP contribution >= 0.6 is 15.9 Å². The van der Waals surface area contributed by atoms with Crippen LogP contribution in [0, 0.1) is 5.41 Å². The summed E-state index contributed by atoms with van der Waals surface area (Å²) in [6.45, 7) is 15.3. The predicted molar refractivity (Wildman–Crippen MR) is 115 cm³/mol. The molecule has 1 aromatic rings. The van der Waals surface area contributed by atoms with Crippen molar-refractivity contribution in [1.29, 1.82) is 0 Å². The Morgan fingerprint density at radius 3 is 2.31 bits per heavy atom. The lowest BCUT2D eigenvalue weighted by Crippen LogP contribution is -2.53. The first kappa shape index (κ1) is 20.7. The average Bonchev–Trinajstić information content (AvgIpc) is 2.79. The van der Waals surface area contributed by atoms with E-state index in [1.165, 1.54) is 11.1 Å². The number of likely N-dealkylation sites (tertiary alicyclic amines) is 1. The van der Waals surface area contributed by atoms with Crippen LogP contribution in [0.3, 0.4) is 0 Å². The van der Waals surface area contributed by atoms with Crippen LogP contribution in [0.25, 0.3) is 0 Å². The van der Waals surface area contributed by atoms with Crippen LogP contribution in [-0.2, 0) is 17.8 Å². The first-order valence-electron chi connectivity index (χ1n) is 9.64. The van der Waals surface area contributed by atoms with Gasteiger partial charge in [-0.15, -0.1) is 4.72 Å². The van der Waals surface area contributed by atoms with Gasteiger partial charge in [0.05, 0.1) is 6.04 Å². The molecule has 1 aliphatic carbocycles. The molecule has 2 aliphatic rings. The van der Waals surface area contributed by atoms with Crippen molar-refractivity contribution in [3.05, 3.63) is 33.8 Å². The van der Waals surface area contributed by atoms with Gasteiger partial charge in [0.2, 0.25) is 0 Å². The largest absolute Gasteiger partial charge is 0.598 e. The van der Waals surface area contributed by atoms with Gasteiger partial charge in [-0.1, -0.05) is 22.0 Å². The van der Waals surface area contributed by atoms with Gasteiger partial charge in [0.15, 0.2) is 0 Å². The zero-order valence-corrected chi connectivity index (χ0v) is 19.4. The van der Waals surface area contributed by atoms with Crippen molar-refractivity contribution in [1.82, 2.24) is 9.62 Å². The molecule has 1 aromatic carbocycles. The second-order valence-corrected chi connectivity index (χ2v) is 12.9. The summed E-state index contributed by atoms with van der Waals surface area (Å²) in [5.41, 5.74) is 3.14. The van der Waals surface area contributed by atoms with Crippen molar-refractivity contribution in [2.75, 3.05) is 13.1 Å². The molecule has 3 rings (SSSR count). The van der Waals surface area contributed by atoms with Gasteiger partial charge in [0.25, 0.3) is 0 Å². The molecule has 2 atom stereocenters. The quantitative estimate of drug-likeness (QED) is 0.658. The zero-order chi connectivity index (χ0) is 19.3. The van der Waals surface area contributed by atoms with E-state index in [-0.39, 0.29) is 21.7 Å². The highest BCUT2D eigenvalue weighted by atomic mass is 79.9. The molecule has 0 bridgehead atoms. The molecule has 1 saturated heterocycles. The third-order valence-electron chi connectivity index (χ3n) is 6.06. The van der Waals surface area contributed by atoms with Crippen molar-refractivity contribution < 1.29 is 4.55 Å². The lowest BCUT2D eigenvalue weighted by atomic mass is 9.72. The van der Waals surface area contributed by atoms with Crippen LogP contribution in [0.4, 0.5) is 0 Å². The van der Waals surface area contributed by atoms with E-state index in [0.717, 1.165) is 36.8 Å². The minimum atomic E-state index is -1.07. The van der Waals surface area contributed by atoms with Crippen LogP contribution in [0.1, 0.15) is 71.6 Å². The molecule has 0 radical (unpaired) electrons. The molecule has 3 nitrogen and oxygen atoms in total. The van der Waals surface area contributed by atoms with E-state index in [0.29, 0.717) is 0 Å². The Bertz CT molecular complexity index is 657. The molecule has 1 fully saturated rings. The van der Waals surface area contributed by atoms with E-state index >= 15 is 0 Å². The van der Waals surface area contributed by atoms with E-state index < -0.39 is 11.4 Å². The molecule has 0 aromatic heterocycles. The Morgan fingerprint density at radius 2 is 1.77 bits per heavy atom. The molecule has 1 heterocycles. The van der Waals surface area contributed by atoms with Gasteiger partial charge in [0, 0.05) is 26.8 Å². The maximum Gasteiger partial charge on any atom is 0.136 e. The lowest BCUT2D eigenvalue weighted by Gasteiger charge is -2.47. The highest BCUT2D eigenvalue weighted by Gasteiger charge is 2.51. The zero-order valence-electron chi connectivity index (χ0n) is 17.0. The fourth-order valence-electron chi connectivity index (χ4n) is 4.37. The molecule has 1 unspecified atom stereocenters. The average molecular weight is 441 g/mol. The molecule has 5 heteroatoms. The van der Waals surface area contributed by atoms with Crippen LogP contribution in [0.2, 0.25) is 0 Å². The number of halogens is 1. The number of rotatable bonds is 2. The SMILES string of the molecule is CC(C)(C)N1CCC2(CC1)Cc1ccc(Br)cc1[C@H]2N[S+]([O-])C(C)(C)C. The van der Waals surface area contributed by atoms with Crippen LogP contribution < -0.4 is 4.72 Å². The number of nitrogens with zero attached hydrogens (tertiary/aromatic N) is 1. The Kier molecular flexibility index (Phi) is 5.62. The number of hydrogen-bond donors (Lipinski definition) is 1. The summed E-state index contributed by atoms with van der Waals surface area (Å²) in [6.07, 6.45) is 3.39. The van der Waals surface area contributed by atoms with Gasteiger partial charge >= 0.3 is 0 Å². The topological polar surface area (TPSA) is 38.3 Å². The van der Waals surface area contributed by atoms with E-state index in [2.05, 4.69) is 64.5 Å². The summed E-state index contributed by atoms with van der Waals surface area (Å²) in [6, 6.07) is 6.79. The first-order chi connectivity index (χ1) is 11.9. The number of nitrogens with one attached hydrogen (secondary N) is 1. The summed E-state index contributed by atoms with van der Waals surface area (Å²) in [5.74, 6) is 0. The lowest BCUT2D eigenvalue weighted by molar-refractivity contribution is 0.0315. The maximum atomic E-state index is 12.9. The number of benzene rings is 1. The summed E-state index contributed by atoms with van der Waals surface area (Å²) >= 11 is 2.56. The molecule has 1 spiro atoms. The Morgan fingerprint density at radius 1 is 1.15 bits per heavy atom. The molecule has 1 N–H and O–H groups in total. The van der Waals surface area contributed by atoms with Crippen molar-refractivity contribution >= 4 is 27.3 Å². The minimum absolute atomic E-state index is 0.164. The van der Waals surface area contributed by atoms with E-state index in [1.807, 2.05) is 20.8 Å². The summed E-state index contributed by atoms with van der Waals surface area (Å²) in [4.78, 5) is 2.59. The van der Waals surface area contributed by atoms with Crippen LogP contribution in [0.5, 0.6) is 0 Å². The normalized spacial score (nSPS) is 24.7. The second kappa shape index (κ2) is 7.07. The summed E-state index contributed by atoms with van der Waals surface area (Å²) in [7, 11) is 0. The third kappa shape index (κ3) is 4.02. The Balaban J connectivity index is 1.90. The molecular formula is C21H33BrN2OS. The first-order valence-corrected chi connectivity index (χ1v) is 11.6. The summed E-state index contributed by atoms with van der Waals surface area (Å²) < 4.78 is 17.3. The van der Waals surface area contributed by atoms with Crippen LogP contribution in [0.15, 0.2) is 22.7 Å². The monoisotopic (exact) mass is 440 g/mol. The fourth-order valence-corrected chi connectivity index (χ4v) is 5.69. The van der Waals surface area contributed by atoms with Crippen molar-refractivity contribution in [3.8, 4) is 0 Å². The van der Waals surface area contributed by atoms with Gasteiger partial charge in [-0.05, 0) is 97.2 Å². The molecule has 146 valence electrons. The van der Waals surface area contributed by atoms with Crippen LogP contribution in [-0.4, -0.2) is 32.8 Å². The number of piperidine rings is 1. The Labute approximate surface area is 170 Å². The molecule has 1 aliphatic heterocycles. The van der Waals surface area contributed by atoms with Crippen molar-refractivity contribution in [2.45, 2.75) is 77.1 Å². The summed E-state index contributed by atoms with van der Waals surface area (Å²) in [5, 5.41) is 0. The maximum absolute atomic E-state index is 12.9. The van der Waals surface area contributed by atoms with Crippen molar-refractivity contribution in [2.24, 2.45) is 5.41 Å². The minimum Gasteiger partial charge on any atom is -0.598 e.